The molecule has 0 bridgehead atoms. The molecule has 2 aromatic rings. The van der Waals surface area contributed by atoms with Gasteiger partial charge in [0, 0.05) is 11.6 Å². The van der Waals surface area contributed by atoms with Gasteiger partial charge < -0.3 is 30.0 Å². The third kappa shape index (κ3) is 14.2. The molecule has 0 aliphatic carbocycles. The number of aliphatic hydroxyl groups excluding tert-OH is 1. The number of ether oxygens (including phenoxy) is 1. The topological polar surface area (TPSA) is 116 Å². The Balaban J connectivity index is 0.000000507. The van der Waals surface area contributed by atoms with E-state index in [1.54, 1.807) is 30.9 Å². The Labute approximate surface area is 208 Å². The molecular formula is C24H32F2N2O6S. The molecule has 194 valence electrons. The molecule has 0 spiro atoms. The van der Waals surface area contributed by atoms with Gasteiger partial charge in [-0.3, -0.25) is 9.59 Å². The maximum atomic E-state index is 10.7. The number of carbonyl (C=O) groups excluding carboxylic acids is 2. The number of halogens is 2. The van der Waals surface area contributed by atoms with E-state index in [0.717, 1.165) is 39.9 Å². The van der Waals surface area contributed by atoms with Crippen molar-refractivity contribution in [1.29, 1.82) is 0 Å². The summed E-state index contributed by atoms with van der Waals surface area (Å²) >= 11 is 1.66. The van der Waals surface area contributed by atoms with Crippen LogP contribution in [0.3, 0.4) is 0 Å². The van der Waals surface area contributed by atoms with Crippen LogP contribution in [0.4, 0.5) is 8.78 Å². The maximum Gasteiger partial charge on any atom is 0.342 e. The third-order valence-electron chi connectivity index (χ3n) is 4.57. The smallest absolute Gasteiger partial charge is 0.342 e. The minimum Gasteiger partial charge on any atom is -0.483 e. The molecule has 0 amide bonds. The normalized spacial score (nSPS) is 14.9. The van der Waals surface area contributed by atoms with E-state index < -0.39 is 6.61 Å². The number of aldehydes is 2. The van der Waals surface area contributed by atoms with Gasteiger partial charge in [0.15, 0.2) is 0 Å². The summed E-state index contributed by atoms with van der Waals surface area (Å²) in [6.45, 7) is 0.633. The first kappa shape index (κ1) is 32.1. The molecule has 0 radical (unpaired) electrons. The first-order valence-electron chi connectivity index (χ1n) is 10.6. The number of carbonyl (C=O) groups is 3. The zero-order chi connectivity index (χ0) is 26.6. The fourth-order valence-corrected chi connectivity index (χ4v) is 3.71. The van der Waals surface area contributed by atoms with Gasteiger partial charge in [-0.05, 0) is 64.7 Å². The number of rotatable bonds is 3. The number of hydrogen-bond donors (Lipinski definition) is 3. The lowest BCUT2D eigenvalue weighted by molar-refractivity contribution is -0.122. The van der Waals surface area contributed by atoms with Crippen molar-refractivity contribution in [2.75, 3.05) is 27.2 Å². The summed E-state index contributed by atoms with van der Waals surface area (Å²) < 4.78 is 25.5. The first-order valence-corrected chi connectivity index (χ1v) is 11.4. The highest BCUT2D eigenvalue weighted by atomic mass is 32.2. The Hall–Kier alpha value is -2.86. The van der Waals surface area contributed by atoms with Crippen LogP contribution in [-0.4, -0.2) is 74.0 Å². The Kier molecular flexibility index (Phi) is 17.9. The summed E-state index contributed by atoms with van der Waals surface area (Å²) in [5.74, 6) is 1.61. The van der Waals surface area contributed by atoms with Crippen LogP contribution in [0.2, 0.25) is 0 Å². The van der Waals surface area contributed by atoms with Crippen LogP contribution in [0, 0.1) is 0 Å². The number of para-hydroxylation sites is 1. The molecule has 1 unspecified atom stereocenters. The molecule has 2 heterocycles. The SMILES string of the molecule is CC1CCCN1C.CNCC=O.O=CO.O=Cc1ccc2c(c1)Oc1ccccc1S2.OC(F)F. The highest BCUT2D eigenvalue weighted by molar-refractivity contribution is 7.99. The van der Waals surface area contributed by atoms with E-state index in [1.807, 2.05) is 30.3 Å². The molecule has 1 saturated heterocycles. The number of aliphatic hydroxyl groups is 1. The lowest BCUT2D eigenvalue weighted by Gasteiger charge is -2.19. The first-order chi connectivity index (χ1) is 16.7. The predicted octanol–water partition coefficient (Wildman–Crippen LogP) is 4.16. The monoisotopic (exact) mass is 514 g/mol. The number of hydrogen-bond acceptors (Lipinski definition) is 8. The third-order valence-corrected chi connectivity index (χ3v) is 5.68. The number of nitrogens with one attached hydrogen (secondary N) is 1. The fraction of sp³-hybridized carbons (Fsp3) is 0.375. The largest absolute Gasteiger partial charge is 0.483 e. The summed E-state index contributed by atoms with van der Waals surface area (Å²) in [5.41, 5.74) is 0.638. The van der Waals surface area contributed by atoms with Crippen molar-refractivity contribution >= 4 is 30.8 Å². The summed E-state index contributed by atoms with van der Waals surface area (Å²) in [7, 11) is 3.92. The van der Waals surface area contributed by atoms with Gasteiger partial charge >= 0.3 is 6.61 Å². The minimum absolute atomic E-state index is 0.250. The fourth-order valence-electron chi connectivity index (χ4n) is 2.78. The van der Waals surface area contributed by atoms with Crippen LogP contribution in [-0.2, 0) is 9.59 Å². The number of nitrogens with zero attached hydrogens (tertiary/aromatic N) is 1. The summed E-state index contributed by atoms with van der Waals surface area (Å²) in [4.78, 5) is 32.9. The molecule has 35 heavy (non-hydrogen) atoms. The Morgan fingerprint density at radius 2 is 1.77 bits per heavy atom. The van der Waals surface area contributed by atoms with Gasteiger partial charge in [0.05, 0.1) is 16.3 Å². The van der Waals surface area contributed by atoms with Crippen LogP contribution in [0.5, 0.6) is 11.5 Å². The van der Waals surface area contributed by atoms with Crippen LogP contribution >= 0.6 is 11.8 Å². The van der Waals surface area contributed by atoms with E-state index in [1.165, 1.54) is 19.4 Å². The molecule has 0 saturated carbocycles. The van der Waals surface area contributed by atoms with Gasteiger partial charge in [-0.15, -0.1) is 0 Å². The number of likely N-dealkylation sites (N-methyl/N-ethyl adjacent to an activating group) is 1. The van der Waals surface area contributed by atoms with Crippen molar-refractivity contribution in [3.63, 3.8) is 0 Å². The summed E-state index contributed by atoms with van der Waals surface area (Å²) in [6.07, 6.45) is 4.45. The van der Waals surface area contributed by atoms with Crippen molar-refractivity contribution in [3.05, 3.63) is 48.0 Å². The molecule has 4 rings (SSSR count). The average Bonchev–Trinajstić information content (AvgIpc) is 3.21. The highest BCUT2D eigenvalue weighted by Crippen LogP contribution is 2.46. The lowest BCUT2D eigenvalue weighted by atomic mass is 10.2. The number of alkyl halides is 2. The number of fused-ring (bicyclic) bond motifs is 2. The van der Waals surface area contributed by atoms with E-state index in [2.05, 4.69) is 24.2 Å². The molecule has 11 heteroatoms. The maximum absolute atomic E-state index is 10.7. The van der Waals surface area contributed by atoms with Crippen molar-refractivity contribution in [3.8, 4) is 11.5 Å². The van der Waals surface area contributed by atoms with E-state index in [-0.39, 0.29) is 6.47 Å². The molecule has 0 aromatic heterocycles. The molecule has 2 aromatic carbocycles. The van der Waals surface area contributed by atoms with Crippen LogP contribution in [0.25, 0.3) is 0 Å². The highest BCUT2D eigenvalue weighted by Gasteiger charge is 2.17. The second-order valence-electron chi connectivity index (χ2n) is 7.05. The van der Waals surface area contributed by atoms with Crippen molar-refractivity contribution in [2.24, 2.45) is 0 Å². The Bertz CT molecular complexity index is 878. The molecular weight excluding hydrogens is 482 g/mol. The quantitative estimate of drug-likeness (QED) is 0.443. The molecule has 8 nitrogen and oxygen atoms in total. The number of benzene rings is 2. The average molecular weight is 515 g/mol. The van der Waals surface area contributed by atoms with E-state index >= 15 is 0 Å². The summed E-state index contributed by atoms with van der Waals surface area (Å²) in [5, 5.41) is 16.3. The number of likely N-dealkylation sites (tertiary alicyclic amines) is 1. The van der Waals surface area contributed by atoms with Crippen molar-refractivity contribution in [2.45, 2.75) is 42.2 Å². The van der Waals surface area contributed by atoms with Crippen LogP contribution < -0.4 is 10.1 Å². The molecule has 1 atom stereocenters. The predicted molar refractivity (Wildman–Crippen MR) is 131 cm³/mol. The Morgan fingerprint density at radius 3 is 2.20 bits per heavy atom. The van der Waals surface area contributed by atoms with Gasteiger partial charge in [0.1, 0.15) is 24.1 Å². The van der Waals surface area contributed by atoms with Gasteiger partial charge in [-0.2, -0.15) is 8.78 Å². The summed E-state index contributed by atoms with van der Waals surface area (Å²) in [6, 6.07) is 14.2. The van der Waals surface area contributed by atoms with Gasteiger partial charge in [0.25, 0.3) is 6.47 Å². The minimum atomic E-state index is -3.17. The number of carboxylic acid groups (broad SMARTS) is 1. The van der Waals surface area contributed by atoms with E-state index in [4.69, 9.17) is 19.7 Å². The van der Waals surface area contributed by atoms with Crippen LogP contribution in [0.15, 0.2) is 52.3 Å². The zero-order valence-corrected chi connectivity index (χ0v) is 20.7. The van der Waals surface area contributed by atoms with E-state index in [0.29, 0.717) is 12.1 Å². The Morgan fingerprint density at radius 1 is 1.17 bits per heavy atom. The van der Waals surface area contributed by atoms with E-state index in [9.17, 15) is 18.4 Å². The standard InChI is InChI=1S/C13H8O2S.C6H13N.C3H7NO.CH2F2O.CH2O2/c14-8-9-5-6-13-11(7-9)15-10-3-1-2-4-12(10)16-13;1-6-4-3-5-7(6)2;1-4-2-3-5;2-1(3)4;2-1-3/h1-8H;6H,3-5H2,1-2H3;3-4H,2H2,1H3;1,4H;1H,(H,2,3). The van der Waals surface area contributed by atoms with Gasteiger partial charge in [-0.25, -0.2) is 0 Å². The van der Waals surface area contributed by atoms with Gasteiger partial charge in [0.2, 0.25) is 0 Å². The van der Waals surface area contributed by atoms with Crippen molar-refractivity contribution < 1.29 is 38.1 Å². The molecule has 2 aliphatic heterocycles. The zero-order valence-electron chi connectivity index (χ0n) is 19.9. The molecule has 1 fully saturated rings. The second kappa shape index (κ2) is 19.4. The molecule has 2 aliphatic rings. The van der Waals surface area contributed by atoms with Gasteiger partial charge in [-0.1, -0.05) is 30.0 Å². The molecule has 3 N–H and O–H groups in total. The van der Waals surface area contributed by atoms with Crippen molar-refractivity contribution in [1.82, 2.24) is 10.2 Å². The lowest BCUT2D eigenvalue weighted by Crippen LogP contribution is -2.20. The van der Waals surface area contributed by atoms with Crippen LogP contribution in [0.1, 0.15) is 30.1 Å². The second-order valence-corrected chi connectivity index (χ2v) is 8.14.